The summed E-state index contributed by atoms with van der Waals surface area (Å²) in [6, 6.07) is 52.4. The van der Waals surface area contributed by atoms with E-state index in [0.717, 1.165) is 22.3 Å². The van der Waals surface area contributed by atoms with Gasteiger partial charge in [0.2, 0.25) is 0 Å². The van der Waals surface area contributed by atoms with Gasteiger partial charge in [0, 0.05) is 33.1 Å². The number of ether oxygens (including phenoxy) is 1. The molecule has 8 rings (SSSR count). The van der Waals surface area contributed by atoms with Crippen molar-refractivity contribution >= 4 is 18.0 Å². The van der Waals surface area contributed by atoms with Gasteiger partial charge in [-0.15, -0.1) is 0 Å². The molecule has 0 unspecified atom stereocenters. The van der Waals surface area contributed by atoms with Crippen LogP contribution in [0, 0.1) is 17.5 Å². The van der Waals surface area contributed by atoms with Gasteiger partial charge in [0.25, 0.3) is 6.47 Å². The van der Waals surface area contributed by atoms with Crippen molar-refractivity contribution < 1.29 is 162 Å². The van der Waals surface area contributed by atoms with Gasteiger partial charge in [-0.3, -0.25) is 14.4 Å². The Bertz CT molecular complexity index is 2810. The molecule has 0 amide bonds. The molecule has 0 heterocycles. The molecule has 0 fully saturated rings. The first-order valence-electron chi connectivity index (χ1n) is 21.3. The van der Waals surface area contributed by atoms with E-state index in [-0.39, 0.29) is 156 Å². The van der Waals surface area contributed by atoms with Gasteiger partial charge in [0.15, 0.2) is 11.6 Å². The normalized spacial score (nSPS) is 10.4. The average Bonchev–Trinajstić information content (AvgIpc) is 3.35. The first-order chi connectivity index (χ1) is 32.9. The number of hydrogen-bond donors (Lipinski definition) is 3. The van der Waals surface area contributed by atoms with E-state index < -0.39 is 11.6 Å². The Hall–Kier alpha value is -5.21. The summed E-state index contributed by atoms with van der Waals surface area (Å²) in [6.07, 6.45) is 0. The minimum absolute atomic E-state index is 0. The van der Waals surface area contributed by atoms with Crippen molar-refractivity contribution in [3.8, 4) is 28.7 Å². The molecular formula is C57H49F3K2O9. The standard InChI is InChI=1S/C28H23FO3.C15H16O2.C13H8F2O.CH2O3.2K.H/c1-28(2,21-7-13-24(30)14-8-21)22-9-17-26(18-10-22)32-25-15-5-20(6-16-25)27(31)19-3-11-23(29)12-4-19;1-15(2,11-3-7-13(16)8-4-11)12-5-9-14(17)10-6-12;14-11-5-1-9(2-6-11)13(16)10-3-7-12(15)8-4-10;2-1-4-3;;;/h3-18,30H,1-2H3;3-10,16-17H,1-2H3;1-8H;1,3H;;;/q;;;;2*+1;-1/p-1. The molecule has 8 aromatic carbocycles. The van der Waals surface area contributed by atoms with Crippen LogP contribution in [-0.4, -0.2) is 33.4 Å². The number of carbonyl (C=O) groups excluding carboxylic acids is 3. The Morgan fingerprint density at radius 2 is 0.620 bits per heavy atom. The third-order valence-electron chi connectivity index (χ3n) is 11.1. The van der Waals surface area contributed by atoms with E-state index in [1.54, 1.807) is 60.7 Å². The fourth-order valence-electron chi connectivity index (χ4n) is 6.85. The topological polar surface area (TPSA) is 153 Å². The van der Waals surface area contributed by atoms with Crippen molar-refractivity contribution in [2.45, 2.75) is 38.5 Å². The molecule has 9 nitrogen and oxygen atoms in total. The van der Waals surface area contributed by atoms with Gasteiger partial charge in [0.05, 0.1) is 0 Å². The Morgan fingerprint density at radius 3 is 0.845 bits per heavy atom. The molecular weight excluding hydrogens is 964 g/mol. The van der Waals surface area contributed by atoms with Gasteiger partial charge in [-0.2, -0.15) is 0 Å². The number of ketones is 2. The first kappa shape index (κ1) is 60.1. The van der Waals surface area contributed by atoms with Crippen LogP contribution in [0.25, 0.3) is 0 Å². The smallest absolute Gasteiger partial charge is 1.00 e. The zero-order chi connectivity index (χ0) is 50.1. The maximum atomic E-state index is 13.1. The SMILES string of the molecule is CC(C)(c1ccc(O)cc1)c1ccc(O)cc1.CC(C)(c1ccc(O)cc1)c1ccc(Oc2ccc(C(=O)c3ccc(F)cc3)cc2)cc1.O=C(c1ccc(F)cc1)c1ccc(F)cc1.O=CO[O-].[H-].[K+].[K+]. The monoisotopic (exact) mass is 1010 g/mol. The van der Waals surface area contributed by atoms with Crippen LogP contribution >= 0.6 is 0 Å². The molecule has 14 heteroatoms. The van der Waals surface area contributed by atoms with Gasteiger partial charge in [-0.25, -0.2) is 13.2 Å². The summed E-state index contributed by atoms with van der Waals surface area (Å²) in [5, 5.41) is 36.6. The number of benzene rings is 8. The van der Waals surface area contributed by atoms with Gasteiger partial charge < -0.3 is 31.6 Å². The second-order valence-electron chi connectivity index (χ2n) is 16.4. The summed E-state index contributed by atoms with van der Waals surface area (Å²) in [6.45, 7) is 8.32. The molecule has 0 atom stereocenters. The molecule has 71 heavy (non-hydrogen) atoms. The van der Waals surface area contributed by atoms with E-state index in [1.165, 1.54) is 72.8 Å². The third kappa shape index (κ3) is 17.8. The van der Waals surface area contributed by atoms with Crippen LogP contribution in [0.15, 0.2) is 194 Å². The summed E-state index contributed by atoms with van der Waals surface area (Å²) < 4.78 is 44.3. The number of phenolic OH excluding ortho intramolecular Hbond substituents is 3. The molecule has 0 spiro atoms. The maximum absolute atomic E-state index is 13.1. The van der Waals surface area contributed by atoms with E-state index in [0.29, 0.717) is 33.8 Å². The van der Waals surface area contributed by atoms with Crippen molar-refractivity contribution in [3.63, 3.8) is 0 Å². The van der Waals surface area contributed by atoms with Crippen LogP contribution in [0.4, 0.5) is 13.2 Å². The predicted molar refractivity (Wildman–Crippen MR) is 256 cm³/mol. The molecule has 8 aromatic rings. The Labute approximate surface area is 497 Å². The largest absolute Gasteiger partial charge is 1.00 e. The Balaban J connectivity index is 0.000000377. The second kappa shape index (κ2) is 28.7. The average molecular weight is 1010 g/mol. The molecule has 0 radical (unpaired) electrons. The predicted octanol–water partition coefficient (Wildman–Crippen LogP) is 6.06. The zero-order valence-corrected chi connectivity index (χ0v) is 46.2. The van der Waals surface area contributed by atoms with Gasteiger partial charge in [-0.05, 0) is 168 Å². The summed E-state index contributed by atoms with van der Waals surface area (Å²) in [5.74, 6) is 0.523. The molecule has 0 saturated carbocycles. The molecule has 0 bridgehead atoms. The van der Waals surface area contributed by atoms with E-state index in [9.17, 15) is 38.1 Å². The summed E-state index contributed by atoms with van der Waals surface area (Å²) in [5.41, 5.74) is 5.81. The van der Waals surface area contributed by atoms with Gasteiger partial charge in [-0.1, -0.05) is 76.2 Å². The number of carbonyl (C=O) groups is 3. The van der Waals surface area contributed by atoms with Crippen molar-refractivity contribution in [2.24, 2.45) is 0 Å². The van der Waals surface area contributed by atoms with Crippen LogP contribution in [0.2, 0.25) is 0 Å². The first-order valence-corrected chi connectivity index (χ1v) is 21.3. The number of halogens is 3. The molecule has 0 aliphatic rings. The molecule has 3 N–H and O–H groups in total. The number of rotatable bonds is 11. The quantitative estimate of drug-likeness (QED) is 0.0462. The minimum atomic E-state index is -0.393. The van der Waals surface area contributed by atoms with E-state index in [4.69, 9.17) is 14.8 Å². The number of aromatic hydroxyl groups is 3. The summed E-state index contributed by atoms with van der Waals surface area (Å²) in [7, 11) is 0. The fraction of sp³-hybridized carbons (Fsp3) is 0.105. The number of phenols is 3. The van der Waals surface area contributed by atoms with Crippen molar-refractivity contribution in [3.05, 3.63) is 256 Å². The Morgan fingerprint density at radius 1 is 0.423 bits per heavy atom. The van der Waals surface area contributed by atoms with Crippen molar-refractivity contribution in [1.29, 1.82) is 0 Å². The maximum Gasteiger partial charge on any atom is 1.00 e. The Kier molecular flexibility index (Phi) is 24.3. The molecule has 354 valence electrons. The van der Waals surface area contributed by atoms with Crippen LogP contribution < -0.4 is 113 Å². The van der Waals surface area contributed by atoms with Gasteiger partial charge in [0.1, 0.15) is 46.2 Å². The van der Waals surface area contributed by atoms with Crippen LogP contribution in [0.5, 0.6) is 28.7 Å². The molecule has 0 saturated heterocycles. The van der Waals surface area contributed by atoms with E-state index in [1.807, 2.05) is 60.7 Å². The minimum Gasteiger partial charge on any atom is -1.00 e. The van der Waals surface area contributed by atoms with Gasteiger partial charge >= 0.3 is 103 Å². The van der Waals surface area contributed by atoms with Crippen LogP contribution in [-0.2, 0) is 20.5 Å². The van der Waals surface area contributed by atoms with E-state index >= 15 is 0 Å². The summed E-state index contributed by atoms with van der Waals surface area (Å²) in [4.78, 5) is 35.6. The van der Waals surface area contributed by atoms with Crippen LogP contribution in [0.1, 0.15) is 83.2 Å². The van der Waals surface area contributed by atoms with Crippen LogP contribution in [0.3, 0.4) is 0 Å². The molecule has 0 aliphatic carbocycles. The van der Waals surface area contributed by atoms with Crippen molar-refractivity contribution in [1.82, 2.24) is 0 Å². The second-order valence-corrected chi connectivity index (χ2v) is 16.4. The fourth-order valence-corrected chi connectivity index (χ4v) is 6.85. The third-order valence-corrected chi connectivity index (χ3v) is 11.1. The van der Waals surface area contributed by atoms with Crippen molar-refractivity contribution in [2.75, 3.05) is 0 Å². The summed E-state index contributed by atoms with van der Waals surface area (Å²) >= 11 is 0. The molecule has 0 aromatic heterocycles. The van der Waals surface area contributed by atoms with E-state index in [2.05, 4.69) is 32.6 Å². The number of hydrogen-bond acceptors (Lipinski definition) is 9. The zero-order valence-electron chi connectivity index (χ0n) is 41.0. The molecule has 0 aliphatic heterocycles.